The molecular formula is C17H28S2. The second-order valence-electron chi connectivity index (χ2n) is 8.75. The predicted octanol–water partition coefficient (Wildman–Crippen LogP) is 5.22. The number of thioether (sulfide) groups is 2. The van der Waals surface area contributed by atoms with Crippen molar-refractivity contribution in [2.24, 2.45) is 23.2 Å². The first-order valence-corrected chi connectivity index (χ1v) is 10.0. The molecule has 0 N–H and O–H groups in total. The highest BCUT2D eigenvalue weighted by Crippen LogP contribution is 2.70. The number of hydrogen-bond acceptors (Lipinski definition) is 2. The van der Waals surface area contributed by atoms with Gasteiger partial charge in [-0.1, -0.05) is 27.2 Å². The van der Waals surface area contributed by atoms with Crippen LogP contribution in [0.25, 0.3) is 0 Å². The molecule has 0 amide bonds. The van der Waals surface area contributed by atoms with Crippen LogP contribution in [0.2, 0.25) is 0 Å². The summed E-state index contributed by atoms with van der Waals surface area (Å²) in [4.78, 5) is 0. The molecule has 2 aliphatic carbocycles. The van der Waals surface area contributed by atoms with Crippen molar-refractivity contribution in [3.05, 3.63) is 0 Å². The molecule has 2 heterocycles. The summed E-state index contributed by atoms with van der Waals surface area (Å²) in [6.45, 7) is 9.98. The van der Waals surface area contributed by atoms with Crippen molar-refractivity contribution in [3.8, 4) is 0 Å². The molecule has 0 aromatic heterocycles. The Balaban J connectivity index is 1.55. The fourth-order valence-corrected chi connectivity index (χ4v) is 8.05. The Morgan fingerprint density at radius 3 is 2.63 bits per heavy atom. The van der Waals surface area contributed by atoms with Crippen molar-refractivity contribution >= 4 is 23.5 Å². The van der Waals surface area contributed by atoms with E-state index in [2.05, 4.69) is 51.2 Å². The molecule has 2 saturated carbocycles. The highest BCUT2D eigenvalue weighted by atomic mass is 32.2. The Labute approximate surface area is 127 Å². The highest BCUT2D eigenvalue weighted by molar-refractivity contribution is 8.08. The molecule has 19 heavy (non-hydrogen) atoms. The summed E-state index contributed by atoms with van der Waals surface area (Å²) in [7, 11) is 0. The van der Waals surface area contributed by atoms with Crippen molar-refractivity contribution in [3.63, 3.8) is 0 Å². The Hall–Kier alpha value is 0.700. The van der Waals surface area contributed by atoms with Crippen LogP contribution in [-0.4, -0.2) is 20.5 Å². The minimum Gasteiger partial charge on any atom is -0.153 e. The van der Waals surface area contributed by atoms with Crippen LogP contribution in [0.3, 0.4) is 0 Å². The van der Waals surface area contributed by atoms with Gasteiger partial charge in [-0.15, -0.1) is 11.8 Å². The predicted molar refractivity (Wildman–Crippen MR) is 88.0 cm³/mol. The SMILES string of the molecule is CC(C)(C)C1CC(C2CCCC3SC32)C2SC2(C)C1. The highest BCUT2D eigenvalue weighted by Gasteiger charge is 2.64. The maximum absolute atomic E-state index is 2.56. The number of fused-ring (bicyclic) bond motifs is 2. The minimum atomic E-state index is 0.514. The van der Waals surface area contributed by atoms with Crippen LogP contribution in [0.5, 0.6) is 0 Å². The summed E-state index contributed by atoms with van der Waals surface area (Å²) in [5.74, 6) is 3.09. The molecule has 2 aliphatic heterocycles. The van der Waals surface area contributed by atoms with Crippen LogP contribution in [0.15, 0.2) is 0 Å². The van der Waals surface area contributed by atoms with Crippen LogP contribution in [0.4, 0.5) is 0 Å². The van der Waals surface area contributed by atoms with Crippen LogP contribution < -0.4 is 0 Å². The van der Waals surface area contributed by atoms with Crippen molar-refractivity contribution in [1.29, 1.82) is 0 Å². The van der Waals surface area contributed by atoms with Gasteiger partial charge in [0.2, 0.25) is 0 Å². The topological polar surface area (TPSA) is 0 Å². The Morgan fingerprint density at radius 1 is 1.11 bits per heavy atom. The Kier molecular flexibility index (Phi) is 2.90. The van der Waals surface area contributed by atoms with E-state index in [9.17, 15) is 0 Å². The van der Waals surface area contributed by atoms with Crippen LogP contribution in [0, 0.1) is 23.2 Å². The van der Waals surface area contributed by atoms with E-state index in [0.717, 1.165) is 33.5 Å². The quantitative estimate of drug-likeness (QED) is 0.609. The maximum Gasteiger partial charge on any atom is 0.0259 e. The number of rotatable bonds is 1. The van der Waals surface area contributed by atoms with E-state index in [1.165, 1.54) is 25.7 Å². The van der Waals surface area contributed by atoms with Crippen LogP contribution >= 0.6 is 23.5 Å². The van der Waals surface area contributed by atoms with E-state index in [0.29, 0.717) is 10.2 Å². The van der Waals surface area contributed by atoms with Gasteiger partial charge >= 0.3 is 0 Å². The van der Waals surface area contributed by atoms with Crippen molar-refractivity contribution in [2.75, 3.05) is 0 Å². The summed E-state index contributed by atoms with van der Waals surface area (Å²) >= 11 is 4.65. The molecule has 2 saturated heterocycles. The lowest BCUT2D eigenvalue weighted by atomic mass is 9.62. The van der Waals surface area contributed by atoms with Gasteiger partial charge in [-0.3, -0.25) is 0 Å². The molecule has 7 unspecified atom stereocenters. The Bertz CT molecular complexity index is 385. The zero-order valence-electron chi connectivity index (χ0n) is 12.8. The molecule has 0 radical (unpaired) electrons. The molecule has 4 rings (SSSR count). The maximum atomic E-state index is 2.56. The number of hydrogen-bond donors (Lipinski definition) is 0. The zero-order valence-corrected chi connectivity index (χ0v) is 14.4. The normalized spacial score (nSPS) is 56.2. The van der Waals surface area contributed by atoms with Gasteiger partial charge in [0.1, 0.15) is 0 Å². The van der Waals surface area contributed by atoms with Gasteiger partial charge in [0.25, 0.3) is 0 Å². The second-order valence-corrected chi connectivity index (χ2v) is 11.8. The molecule has 0 spiro atoms. The molecule has 7 atom stereocenters. The van der Waals surface area contributed by atoms with E-state index in [1.54, 1.807) is 6.42 Å². The van der Waals surface area contributed by atoms with Crippen LogP contribution in [0.1, 0.15) is 59.8 Å². The van der Waals surface area contributed by atoms with Crippen LogP contribution in [-0.2, 0) is 0 Å². The molecule has 0 aromatic rings. The second kappa shape index (κ2) is 4.12. The van der Waals surface area contributed by atoms with E-state index in [1.807, 2.05) is 0 Å². The molecule has 4 aliphatic rings. The summed E-state index contributed by atoms with van der Waals surface area (Å²) < 4.78 is 0.660. The fourth-order valence-electron chi connectivity index (χ4n) is 4.99. The summed E-state index contributed by atoms with van der Waals surface area (Å²) in [5.41, 5.74) is 0.514. The third kappa shape index (κ3) is 2.20. The largest absolute Gasteiger partial charge is 0.153 e. The lowest BCUT2D eigenvalue weighted by molar-refractivity contribution is 0.107. The third-order valence-corrected chi connectivity index (χ3v) is 9.77. The minimum absolute atomic E-state index is 0.514. The first-order chi connectivity index (χ1) is 8.88. The Morgan fingerprint density at radius 2 is 1.89 bits per heavy atom. The molecular weight excluding hydrogens is 268 g/mol. The van der Waals surface area contributed by atoms with Crippen molar-refractivity contribution < 1.29 is 0 Å². The van der Waals surface area contributed by atoms with Crippen molar-refractivity contribution in [2.45, 2.75) is 80.3 Å². The van der Waals surface area contributed by atoms with Crippen molar-refractivity contribution in [1.82, 2.24) is 0 Å². The first kappa shape index (κ1) is 13.4. The summed E-state index contributed by atoms with van der Waals surface area (Å²) in [5, 5.41) is 3.17. The average molecular weight is 297 g/mol. The molecule has 0 bridgehead atoms. The zero-order chi connectivity index (χ0) is 13.4. The molecule has 0 aromatic carbocycles. The van der Waals surface area contributed by atoms with Gasteiger partial charge in [0.05, 0.1) is 0 Å². The third-order valence-electron chi connectivity index (χ3n) is 6.38. The monoisotopic (exact) mass is 296 g/mol. The van der Waals surface area contributed by atoms with Gasteiger partial charge in [-0.05, 0) is 55.8 Å². The van der Waals surface area contributed by atoms with E-state index in [4.69, 9.17) is 0 Å². The van der Waals surface area contributed by atoms with Gasteiger partial charge in [-0.2, -0.15) is 11.8 Å². The average Bonchev–Trinajstić information content (AvgIpc) is 3.18. The molecule has 108 valence electrons. The van der Waals surface area contributed by atoms with E-state index in [-0.39, 0.29) is 0 Å². The first-order valence-electron chi connectivity index (χ1n) is 8.22. The summed E-state index contributed by atoms with van der Waals surface area (Å²) in [6.07, 6.45) is 7.60. The van der Waals surface area contributed by atoms with Gasteiger partial charge in [0.15, 0.2) is 0 Å². The van der Waals surface area contributed by atoms with Gasteiger partial charge in [0, 0.05) is 20.5 Å². The molecule has 4 fully saturated rings. The lowest BCUT2D eigenvalue weighted by Crippen LogP contribution is -2.40. The lowest BCUT2D eigenvalue weighted by Gasteiger charge is -2.42. The standard InChI is InChI=1S/C17H28S2/c1-16(2,3)10-8-12(15-17(4,9-10)19-15)11-6-5-7-13-14(11)18-13/h10-15H,5-9H2,1-4H3. The molecule has 0 nitrogen and oxygen atoms in total. The van der Waals surface area contributed by atoms with E-state index >= 15 is 0 Å². The fraction of sp³-hybridized carbons (Fsp3) is 1.00. The smallest absolute Gasteiger partial charge is 0.0259 e. The van der Waals surface area contributed by atoms with Gasteiger partial charge in [-0.25, -0.2) is 0 Å². The van der Waals surface area contributed by atoms with E-state index < -0.39 is 0 Å². The molecule has 2 heteroatoms. The van der Waals surface area contributed by atoms with Gasteiger partial charge < -0.3 is 0 Å². The summed E-state index contributed by atoms with van der Waals surface area (Å²) in [6, 6.07) is 0.